The molecule has 2 nitrogen and oxygen atoms in total. The zero-order chi connectivity index (χ0) is 14.5. The first-order valence-electron chi connectivity index (χ1n) is 7.60. The predicted octanol–water partition coefficient (Wildman–Crippen LogP) is 4.70. The molecule has 0 fully saturated rings. The number of aryl methyl sites for hydroxylation is 1. The summed E-state index contributed by atoms with van der Waals surface area (Å²) in [7, 11) is 0. The van der Waals surface area contributed by atoms with Crippen LogP contribution >= 0.6 is 0 Å². The lowest BCUT2D eigenvalue weighted by Crippen LogP contribution is -2.21. The number of rotatable bonds is 5. The van der Waals surface area contributed by atoms with Gasteiger partial charge in [-0.1, -0.05) is 65.8 Å². The van der Waals surface area contributed by atoms with Gasteiger partial charge >= 0.3 is 0 Å². The van der Waals surface area contributed by atoms with Crippen molar-refractivity contribution in [1.82, 2.24) is 0 Å². The average molecular weight is 279 g/mol. The highest BCUT2D eigenvalue weighted by molar-refractivity contribution is 5.86. The predicted molar refractivity (Wildman–Crippen MR) is 86.3 cm³/mol. The Bertz CT molecular complexity index is 606. The lowest BCUT2D eigenvalue weighted by molar-refractivity contribution is -0.00738. The van der Waals surface area contributed by atoms with Gasteiger partial charge in [0.2, 0.25) is 0 Å². The molecule has 2 heteroatoms. The Morgan fingerprint density at radius 1 is 0.952 bits per heavy atom. The van der Waals surface area contributed by atoms with Crippen LogP contribution in [0.2, 0.25) is 0 Å². The third kappa shape index (κ3) is 3.33. The number of hydrogen-bond acceptors (Lipinski definition) is 2. The number of nitrogens with zero attached hydrogens (tertiary/aromatic N) is 1. The second kappa shape index (κ2) is 6.13. The fourth-order valence-electron chi connectivity index (χ4n) is 2.84. The van der Waals surface area contributed by atoms with Crippen LogP contribution in [0.1, 0.15) is 37.3 Å². The van der Waals surface area contributed by atoms with Gasteiger partial charge in [0.25, 0.3) is 0 Å². The fourth-order valence-corrected chi connectivity index (χ4v) is 2.84. The van der Waals surface area contributed by atoms with E-state index in [1.807, 2.05) is 6.07 Å². The molecule has 0 radical (unpaired) electrons. The van der Waals surface area contributed by atoms with Crippen molar-refractivity contribution in [3.63, 3.8) is 0 Å². The van der Waals surface area contributed by atoms with Crippen LogP contribution in [0.25, 0.3) is 0 Å². The van der Waals surface area contributed by atoms with E-state index in [9.17, 15) is 0 Å². The Hall–Kier alpha value is -2.09. The SMILES string of the molecule is CC1(c2ccccc2)CC(CCCc2ccccc2)=NO1. The van der Waals surface area contributed by atoms with Crippen molar-refractivity contribution in [3.8, 4) is 0 Å². The lowest BCUT2D eigenvalue weighted by Gasteiger charge is -2.21. The first kappa shape index (κ1) is 13.9. The molecule has 3 rings (SSSR count). The highest BCUT2D eigenvalue weighted by Gasteiger charge is 2.35. The maximum Gasteiger partial charge on any atom is 0.165 e. The van der Waals surface area contributed by atoms with Crippen LogP contribution in [-0.4, -0.2) is 5.71 Å². The second-order valence-electron chi connectivity index (χ2n) is 5.86. The molecule has 1 aliphatic rings. The van der Waals surface area contributed by atoms with Crippen molar-refractivity contribution in [2.24, 2.45) is 5.16 Å². The number of oxime groups is 1. The van der Waals surface area contributed by atoms with Crippen LogP contribution in [0, 0.1) is 0 Å². The summed E-state index contributed by atoms with van der Waals surface area (Å²) in [5.41, 5.74) is 3.48. The number of hydrogen-bond donors (Lipinski definition) is 0. The highest BCUT2D eigenvalue weighted by atomic mass is 16.7. The van der Waals surface area contributed by atoms with Crippen LogP contribution < -0.4 is 0 Å². The molecule has 0 saturated carbocycles. The van der Waals surface area contributed by atoms with E-state index in [0.29, 0.717) is 0 Å². The Labute approximate surface area is 126 Å². The van der Waals surface area contributed by atoms with Crippen LogP contribution in [0.3, 0.4) is 0 Å². The van der Waals surface area contributed by atoms with E-state index in [4.69, 9.17) is 4.84 Å². The molecule has 0 bridgehead atoms. The summed E-state index contributed by atoms with van der Waals surface area (Å²) in [5.74, 6) is 0. The van der Waals surface area contributed by atoms with Crippen molar-refractivity contribution in [1.29, 1.82) is 0 Å². The van der Waals surface area contributed by atoms with E-state index in [0.717, 1.165) is 25.7 Å². The summed E-state index contributed by atoms with van der Waals surface area (Å²) in [5, 5.41) is 4.31. The highest BCUT2D eigenvalue weighted by Crippen LogP contribution is 2.35. The molecule has 0 aliphatic carbocycles. The van der Waals surface area contributed by atoms with E-state index in [-0.39, 0.29) is 5.60 Å². The summed E-state index contributed by atoms with van der Waals surface area (Å²) in [6, 6.07) is 21.0. The second-order valence-corrected chi connectivity index (χ2v) is 5.86. The number of benzene rings is 2. The van der Waals surface area contributed by atoms with Gasteiger partial charge in [0, 0.05) is 6.42 Å². The van der Waals surface area contributed by atoms with E-state index < -0.39 is 0 Å². The van der Waals surface area contributed by atoms with Gasteiger partial charge < -0.3 is 4.84 Å². The summed E-state index contributed by atoms with van der Waals surface area (Å²) in [4.78, 5) is 5.73. The maximum absolute atomic E-state index is 5.73. The Morgan fingerprint density at radius 3 is 2.33 bits per heavy atom. The van der Waals surface area contributed by atoms with Crippen molar-refractivity contribution in [3.05, 3.63) is 71.8 Å². The van der Waals surface area contributed by atoms with Crippen molar-refractivity contribution in [2.75, 3.05) is 0 Å². The molecule has 2 aromatic rings. The third-order valence-electron chi connectivity index (χ3n) is 4.08. The van der Waals surface area contributed by atoms with Gasteiger partial charge in [-0.3, -0.25) is 0 Å². The lowest BCUT2D eigenvalue weighted by atomic mass is 9.89. The standard InChI is InChI=1S/C19H21NO/c1-19(17-12-6-3-7-13-17)15-18(20-21-19)14-8-11-16-9-4-2-5-10-16/h2-7,9-10,12-13H,8,11,14-15H2,1H3. The zero-order valence-electron chi connectivity index (χ0n) is 12.5. The Kier molecular flexibility index (Phi) is 4.05. The molecule has 0 aromatic heterocycles. The van der Waals surface area contributed by atoms with E-state index in [1.54, 1.807) is 0 Å². The van der Waals surface area contributed by atoms with Gasteiger partial charge in [-0.15, -0.1) is 0 Å². The minimum atomic E-state index is -0.288. The minimum Gasteiger partial charge on any atom is -0.384 e. The van der Waals surface area contributed by atoms with Crippen molar-refractivity contribution >= 4 is 5.71 Å². The summed E-state index contributed by atoms with van der Waals surface area (Å²) < 4.78 is 0. The third-order valence-corrected chi connectivity index (χ3v) is 4.08. The van der Waals surface area contributed by atoms with Gasteiger partial charge in [-0.2, -0.15) is 0 Å². The molecular weight excluding hydrogens is 258 g/mol. The van der Waals surface area contributed by atoms with Crippen molar-refractivity contribution < 1.29 is 4.84 Å². The molecule has 0 saturated heterocycles. The summed E-state index contributed by atoms with van der Waals surface area (Å²) in [6.45, 7) is 2.12. The largest absolute Gasteiger partial charge is 0.384 e. The molecule has 0 spiro atoms. The molecule has 1 aliphatic heterocycles. The fraction of sp³-hybridized carbons (Fsp3) is 0.316. The Morgan fingerprint density at radius 2 is 1.62 bits per heavy atom. The monoisotopic (exact) mass is 279 g/mol. The van der Waals surface area contributed by atoms with Crippen LogP contribution in [0.5, 0.6) is 0 Å². The van der Waals surface area contributed by atoms with Crippen molar-refractivity contribution in [2.45, 2.75) is 38.2 Å². The van der Waals surface area contributed by atoms with Gasteiger partial charge in [0.05, 0.1) is 5.71 Å². The molecule has 1 heterocycles. The van der Waals surface area contributed by atoms with Gasteiger partial charge in [0.15, 0.2) is 5.60 Å². The summed E-state index contributed by atoms with van der Waals surface area (Å²) >= 11 is 0. The molecule has 0 N–H and O–H groups in total. The average Bonchev–Trinajstić information content (AvgIpc) is 2.92. The first-order chi connectivity index (χ1) is 10.3. The van der Waals surface area contributed by atoms with E-state index in [2.05, 4.69) is 66.7 Å². The van der Waals surface area contributed by atoms with Crippen LogP contribution in [0.15, 0.2) is 65.8 Å². The zero-order valence-corrected chi connectivity index (χ0v) is 12.5. The van der Waals surface area contributed by atoms with E-state index in [1.165, 1.54) is 16.8 Å². The molecule has 108 valence electrons. The quantitative estimate of drug-likeness (QED) is 0.777. The normalized spacial score (nSPS) is 20.9. The molecule has 2 aromatic carbocycles. The smallest absolute Gasteiger partial charge is 0.165 e. The maximum atomic E-state index is 5.73. The molecule has 1 atom stereocenters. The van der Waals surface area contributed by atoms with Gasteiger partial charge in [-0.05, 0) is 37.3 Å². The Balaban J connectivity index is 1.53. The topological polar surface area (TPSA) is 21.6 Å². The molecular formula is C19H21NO. The molecule has 21 heavy (non-hydrogen) atoms. The summed E-state index contributed by atoms with van der Waals surface area (Å²) in [6.07, 6.45) is 4.13. The van der Waals surface area contributed by atoms with Crippen LogP contribution in [-0.2, 0) is 16.9 Å². The van der Waals surface area contributed by atoms with E-state index >= 15 is 0 Å². The van der Waals surface area contributed by atoms with Gasteiger partial charge in [-0.25, -0.2) is 0 Å². The molecule has 0 amide bonds. The first-order valence-corrected chi connectivity index (χ1v) is 7.60. The van der Waals surface area contributed by atoms with Gasteiger partial charge in [0.1, 0.15) is 0 Å². The molecule has 1 unspecified atom stereocenters. The van der Waals surface area contributed by atoms with Crippen LogP contribution in [0.4, 0.5) is 0 Å². The minimum absolute atomic E-state index is 0.288.